The molecule has 0 saturated heterocycles. The summed E-state index contributed by atoms with van der Waals surface area (Å²) in [5.74, 6) is -0.290. The second kappa shape index (κ2) is 6.89. The fraction of sp³-hybridized carbons (Fsp3) is 0.308. The molecule has 1 rings (SSSR count). The van der Waals surface area contributed by atoms with E-state index in [0.717, 1.165) is 18.9 Å². The van der Waals surface area contributed by atoms with Crippen molar-refractivity contribution in [1.82, 2.24) is 0 Å². The third-order valence-corrected chi connectivity index (χ3v) is 2.74. The van der Waals surface area contributed by atoms with Gasteiger partial charge in [0, 0.05) is 18.6 Å². The average molecular weight is 284 g/mol. The number of halogens is 1. The zero-order chi connectivity index (χ0) is 14.4. The van der Waals surface area contributed by atoms with Crippen molar-refractivity contribution >= 4 is 23.3 Å². The third-order valence-electron chi connectivity index (χ3n) is 2.43. The highest BCUT2D eigenvalue weighted by molar-refractivity contribution is 6.33. The molecule has 0 aromatic heterocycles. The number of hydrogen-bond donors (Lipinski definition) is 0. The van der Waals surface area contributed by atoms with Crippen LogP contribution in [0.25, 0.3) is 0 Å². The zero-order valence-electron chi connectivity index (χ0n) is 10.5. The first-order valence-corrected chi connectivity index (χ1v) is 6.17. The quantitative estimate of drug-likeness (QED) is 0.341. The minimum absolute atomic E-state index is 0.0116. The first-order valence-electron chi connectivity index (χ1n) is 5.79. The number of allylic oxidation sites excluding steroid dienone is 1. The SMILES string of the molecule is C=C(CCCC)OC(=O)c1ccc([N+](=O)[O-])cc1Cl. The number of nitro benzene ring substituents is 1. The maximum absolute atomic E-state index is 11.8. The van der Waals surface area contributed by atoms with Gasteiger partial charge in [0.1, 0.15) is 5.76 Å². The third kappa shape index (κ3) is 4.37. The fourth-order valence-corrected chi connectivity index (χ4v) is 1.65. The van der Waals surface area contributed by atoms with E-state index in [9.17, 15) is 14.9 Å². The normalized spacial score (nSPS) is 10.0. The molecule has 0 bridgehead atoms. The molecule has 0 N–H and O–H groups in total. The van der Waals surface area contributed by atoms with Crippen LogP contribution in [0, 0.1) is 10.1 Å². The van der Waals surface area contributed by atoms with E-state index in [1.165, 1.54) is 12.1 Å². The molecule has 0 aliphatic carbocycles. The molecule has 0 unspecified atom stereocenters. The minimum Gasteiger partial charge on any atom is -0.428 e. The van der Waals surface area contributed by atoms with Gasteiger partial charge in [0.05, 0.1) is 15.5 Å². The van der Waals surface area contributed by atoms with Crippen LogP contribution in [-0.2, 0) is 4.74 Å². The van der Waals surface area contributed by atoms with Crippen molar-refractivity contribution in [3.8, 4) is 0 Å². The molecule has 19 heavy (non-hydrogen) atoms. The van der Waals surface area contributed by atoms with E-state index in [1.54, 1.807) is 0 Å². The Morgan fingerprint density at radius 2 is 2.21 bits per heavy atom. The van der Waals surface area contributed by atoms with E-state index >= 15 is 0 Å². The molecule has 102 valence electrons. The summed E-state index contributed by atoms with van der Waals surface area (Å²) in [4.78, 5) is 21.7. The predicted octanol–water partition coefficient (Wildman–Crippen LogP) is 4.11. The molecule has 0 saturated carbocycles. The van der Waals surface area contributed by atoms with E-state index in [1.807, 2.05) is 6.92 Å². The molecule has 0 amide bonds. The van der Waals surface area contributed by atoms with E-state index in [-0.39, 0.29) is 16.3 Å². The summed E-state index contributed by atoms with van der Waals surface area (Å²) in [6.45, 7) is 5.65. The van der Waals surface area contributed by atoms with Crippen molar-refractivity contribution in [2.75, 3.05) is 0 Å². The van der Waals surface area contributed by atoms with Crippen LogP contribution in [-0.4, -0.2) is 10.9 Å². The second-order valence-electron chi connectivity index (χ2n) is 3.95. The van der Waals surface area contributed by atoms with Crippen molar-refractivity contribution in [2.24, 2.45) is 0 Å². The number of carbonyl (C=O) groups is 1. The molecule has 0 spiro atoms. The standard InChI is InChI=1S/C13H14ClNO4/c1-3-4-5-9(2)19-13(16)11-7-6-10(15(17)18)8-12(11)14/h6-8H,2-5H2,1H3. The number of ether oxygens (including phenoxy) is 1. The van der Waals surface area contributed by atoms with Crippen molar-refractivity contribution in [3.05, 3.63) is 51.2 Å². The van der Waals surface area contributed by atoms with Gasteiger partial charge in [-0.3, -0.25) is 10.1 Å². The lowest BCUT2D eigenvalue weighted by Gasteiger charge is -2.07. The Hall–Kier alpha value is -1.88. The average Bonchev–Trinajstić information content (AvgIpc) is 2.35. The number of rotatable bonds is 6. The van der Waals surface area contributed by atoms with Gasteiger partial charge in [0.15, 0.2) is 0 Å². The fourth-order valence-electron chi connectivity index (χ4n) is 1.39. The molecule has 0 aliphatic rings. The van der Waals surface area contributed by atoms with Gasteiger partial charge in [-0.2, -0.15) is 0 Å². The van der Waals surface area contributed by atoms with Crippen LogP contribution in [0.2, 0.25) is 5.02 Å². The number of nitro groups is 1. The highest BCUT2D eigenvalue weighted by Crippen LogP contribution is 2.24. The predicted molar refractivity (Wildman–Crippen MR) is 72.2 cm³/mol. The maximum Gasteiger partial charge on any atom is 0.344 e. The number of non-ortho nitro benzene ring substituents is 1. The Kier molecular flexibility index (Phi) is 5.51. The number of carbonyl (C=O) groups excluding carboxylic acids is 1. The zero-order valence-corrected chi connectivity index (χ0v) is 11.3. The number of esters is 1. The number of nitrogens with zero attached hydrogens (tertiary/aromatic N) is 1. The molecule has 5 nitrogen and oxygen atoms in total. The van der Waals surface area contributed by atoms with Gasteiger partial charge in [-0.05, 0) is 12.5 Å². The summed E-state index contributed by atoms with van der Waals surface area (Å²) >= 11 is 5.82. The molecule has 0 aliphatic heterocycles. The van der Waals surface area contributed by atoms with Crippen molar-refractivity contribution in [2.45, 2.75) is 26.2 Å². The van der Waals surface area contributed by atoms with Crippen molar-refractivity contribution < 1.29 is 14.5 Å². The first kappa shape index (κ1) is 15.2. The monoisotopic (exact) mass is 283 g/mol. The minimum atomic E-state index is -0.652. The maximum atomic E-state index is 11.8. The largest absolute Gasteiger partial charge is 0.428 e. The summed E-state index contributed by atoms with van der Waals surface area (Å²) in [5, 5.41) is 10.5. The molecular weight excluding hydrogens is 270 g/mol. The molecule has 1 aromatic rings. The Bertz CT molecular complexity index is 513. The van der Waals surface area contributed by atoms with Gasteiger partial charge < -0.3 is 4.74 Å². The number of unbranched alkanes of at least 4 members (excludes halogenated alkanes) is 1. The Labute approximate surface area is 116 Å². The van der Waals surface area contributed by atoms with Crippen LogP contribution in [0.5, 0.6) is 0 Å². The molecule has 0 atom stereocenters. The molecule has 0 radical (unpaired) electrons. The van der Waals surface area contributed by atoms with Crippen LogP contribution in [0.15, 0.2) is 30.5 Å². The lowest BCUT2D eigenvalue weighted by atomic mass is 10.2. The van der Waals surface area contributed by atoms with Gasteiger partial charge >= 0.3 is 5.97 Å². The lowest BCUT2D eigenvalue weighted by molar-refractivity contribution is -0.384. The smallest absolute Gasteiger partial charge is 0.344 e. The highest BCUT2D eigenvalue weighted by Gasteiger charge is 2.16. The molecular formula is C13H14ClNO4. The van der Waals surface area contributed by atoms with E-state index in [2.05, 4.69) is 6.58 Å². The topological polar surface area (TPSA) is 69.4 Å². The molecule has 1 aromatic carbocycles. The second-order valence-corrected chi connectivity index (χ2v) is 4.36. The van der Waals surface area contributed by atoms with Gasteiger partial charge in [-0.15, -0.1) is 0 Å². The Balaban J connectivity index is 2.77. The van der Waals surface area contributed by atoms with Gasteiger partial charge in [-0.25, -0.2) is 4.79 Å². The van der Waals surface area contributed by atoms with Crippen molar-refractivity contribution in [3.63, 3.8) is 0 Å². The van der Waals surface area contributed by atoms with Gasteiger partial charge in [0.25, 0.3) is 5.69 Å². The number of hydrogen-bond acceptors (Lipinski definition) is 4. The van der Waals surface area contributed by atoms with Crippen molar-refractivity contribution in [1.29, 1.82) is 0 Å². The first-order chi connectivity index (χ1) is 8.95. The van der Waals surface area contributed by atoms with E-state index in [4.69, 9.17) is 16.3 Å². The highest BCUT2D eigenvalue weighted by atomic mass is 35.5. The molecule has 6 heteroatoms. The summed E-state index contributed by atoms with van der Waals surface area (Å²) in [7, 11) is 0. The molecule has 0 fully saturated rings. The Morgan fingerprint density at radius 3 is 2.74 bits per heavy atom. The van der Waals surface area contributed by atoms with Crippen LogP contribution >= 0.6 is 11.6 Å². The van der Waals surface area contributed by atoms with Crippen LogP contribution < -0.4 is 0 Å². The van der Waals surface area contributed by atoms with Crippen LogP contribution in [0.1, 0.15) is 36.5 Å². The van der Waals surface area contributed by atoms with Crippen LogP contribution in [0.4, 0.5) is 5.69 Å². The van der Waals surface area contributed by atoms with Crippen LogP contribution in [0.3, 0.4) is 0 Å². The summed E-state index contributed by atoms with van der Waals surface area (Å²) in [5.41, 5.74) is -0.0868. The van der Waals surface area contributed by atoms with Gasteiger partial charge in [-0.1, -0.05) is 31.5 Å². The summed E-state index contributed by atoms with van der Waals surface area (Å²) in [6.07, 6.45) is 2.43. The van der Waals surface area contributed by atoms with E-state index in [0.29, 0.717) is 12.2 Å². The summed E-state index contributed by atoms with van der Waals surface area (Å²) in [6, 6.07) is 3.60. The Morgan fingerprint density at radius 1 is 1.53 bits per heavy atom. The molecule has 0 heterocycles. The summed E-state index contributed by atoms with van der Waals surface area (Å²) < 4.78 is 5.03. The van der Waals surface area contributed by atoms with Gasteiger partial charge in [0.2, 0.25) is 0 Å². The lowest BCUT2D eigenvalue weighted by Crippen LogP contribution is -2.05. The van der Waals surface area contributed by atoms with E-state index < -0.39 is 10.9 Å². The number of benzene rings is 1.